The van der Waals surface area contributed by atoms with Gasteiger partial charge in [0.25, 0.3) is 5.91 Å². The average Bonchev–Trinajstić information content (AvgIpc) is 2.90. The number of carbonyl (C=O) groups is 1. The molecule has 0 spiro atoms. The average molecular weight is 383 g/mol. The van der Waals surface area contributed by atoms with Gasteiger partial charge in [-0.15, -0.1) is 11.8 Å². The number of fused-ring (bicyclic) bond motifs is 1. The van der Waals surface area contributed by atoms with Crippen molar-refractivity contribution in [3.63, 3.8) is 0 Å². The predicted octanol–water partition coefficient (Wildman–Crippen LogP) is 5.79. The van der Waals surface area contributed by atoms with Crippen LogP contribution in [0.5, 0.6) is 0 Å². The minimum atomic E-state index is -4.32. The Labute approximate surface area is 150 Å². The standard InChI is InChI=1S/C18H13F4NO2S/c1-10-12-8-11(19)6-7-14(12)25-16(10)17(24)23-13-4-2-3-5-15(13)26-9-18(20,21)22/h2-8H,9H2,1H3,(H,23,24). The number of alkyl halides is 3. The van der Waals surface area contributed by atoms with Crippen molar-refractivity contribution in [3.05, 3.63) is 59.6 Å². The molecule has 0 atom stereocenters. The molecule has 26 heavy (non-hydrogen) atoms. The Bertz CT molecular complexity index is 965. The lowest BCUT2D eigenvalue weighted by molar-refractivity contribution is -0.105. The van der Waals surface area contributed by atoms with E-state index >= 15 is 0 Å². The van der Waals surface area contributed by atoms with Gasteiger partial charge in [0.2, 0.25) is 0 Å². The van der Waals surface area contributed by atoms with E-state index in [-0.39, 0.29) is 16.3 Å². The quantitative estimate of drug-likeness (QED) is 0.458. The lowest BCUT2D eigenvalue weighted by Gasteiger charge is -2.11. The van der Waals surface area contributed by atoms with Gasteiger partial charge in [-0.3, -0.25) is 4.79 Å². The van der Waals surface area contributed by atoms with E-state index in [4.69, 9.17) is 4.42 Å². The molecule has 136 valence electrons. The number of halogens is 4. The first-order chi connectivity index (χ1) is 12.2. The Morgan fingerprint density at radius 1 is 1.19 bits per heavy atom. The van der Waals surface area contributed by atoms with Crippen molar-refractivity contribution in [3.8, 4) is 0 Å². The van der Waals surface area contributed by atoms with Crippen LogP contribution in [0.25, 0.3) is 11.0 Å². The van der Waals surface area contributed by atoms with E-state index < -0.39 is 23.7 Å². The summed E-state index contributed by atoms with van der Waals surface area (Å²) in [6, 6.07) is 10.1. The van der Waals surface area contributed by atoms with Crippen LogP contribution in [0.3, 0.4) is 0 Å². The molecule has 1 aromatic heterocycles. The van der Waals surface area contributed by atoms with E-state index in [0.717, 1.165) is 0 Å². The van der Waals surface area contributed by atoms with Gasteiger partial charge in [-0.05, 0) is 37.3 Å². The van der Waals surface area contributed by atoms with E-state index in [1.54, 1.807) is 19.1 Å². The monoisotopic (exact) mass is 383 g/mol. The Balaban J connectivity index is 1.86. The summed E-state index contributed by atoms with van der Waals surface area (Å²) in [5, 5.41) is 3.03. The third kappa shape index (κ3) is 4.01. The summed E-state index contributed by atoms with van der Waals surface area (Å²) in [5.74, 6) is -2.15. The summed E-state index contributed by atoms with van der Waals surface area (Å²) < 4.78 is 56.2. The number of anilines is 1. The molecular formula is C18H13F4NO2S. The van der Waals surface area contributed by atoms with Gasteiger partial charge in [0.05, 0.1) is 11.4 Å². The molecular weight excluding hydrogens is 370 g/mol. The molecule has 1 N–H and O–H groups in total. The second-order valence-corrected chi connectivity index (χ2v) is 6.57. The van der Waals surface area contributed by atoms with Crippen molar-refractivity contribution in [2.45, 2.75) is 18.0 Å². The zero-order valence-electron chi connectivity index (χ0n) is 13.5. The topological polar surface area (TPSA) is 42.2 Å². The molecule has 0 fully saturated rings. The van der Waals surface area contributed by atoms with Crippen molar-refractivity contribution in [2.24, 2.45) is 0 Å². The molecule has 0 aliphatic carbocycles. The molecule has 0 bridgehead atoms. The normalized spacial score (nSPS) is 11.7. The molecule has 3 aromatic rings. The molecule has 1 heterocycles. The van der Waals surface area contributed by atoms with Crippen molar-refractivity contribution in [1.82, 2.24) is 0 Å². The van der Waals surface area contributed by atoms with E-state index in [1.807, 2.05) is 0 Å². The number of benzene rings is 2. The fourth-order valence-electron chi connectivity index (χ4n) is 2.44. The van der Waals surface area contributed by atoms with Crippen LogP contribution in [0.1, 0.15) is 16.1 Å². The van der Waals surface area contributed by atoms with Crippen LogP contribution in [0.2, 0.25) is 0 Å². The SMILES string of the molecule is Cc1c(C(=O)Nc2ccccc2SCC(F)(F)F)oc2ccc(F)cc12. The summed E-state index contributed by atoms with van der Waals surface area (Å²) in [7, 11) is 0. The second kappa shape index (κ2) is 7.03. The van der Waals surface area contributed by atoms with E-state index in [0.29, 0.717) is 28.3 Å². The molecule has 0 saturated heterocycles. The van der Waals surface area contributed by atoms with Gasteiger partial charge in [0, 0.05) is 15.8 Å². The Morgan fingerprint density at radius 2 is 1.92 bits per heavy atom. The fourth-order valence-corrected chi connectivity index (χ4v) is 3.21. The van der Waals surface area contributed by atoms with Crippen LogP contribution in [-0.2, 0) is 0 Å². The number of para-hydroxylation sites is 1. The highest BCUT2D eigenvalue weighted by atomic mass is 32.2. The van der Waals surface area contributed by atoms with Gasteiger partial charge in [0.1, 0.15) is 11.4 Å². The first-order valence-electron chi connectivity index (χ1n) is 7.53. The van der Waals surface area contributed by atoms with Crippen molar-refractivity contribution >= 4 is 34.3 Å². The number of carbonyl (C=O) groups excluding carboxylic acids is 1. The zero-order chi connectivity index (χ0) is 18.9. The number of hydrogen-bond donors (Lipinski definition) is 1. The molecule has 2 aromatic carbocycles. The highest BCUT2D eigenvalue weighted by Crippen LogP contribution is 2.33. The van der Waals surface area contributed by atoms with E-state index in [2.05, 4.69) is 5.32 Å². The van der Waals surface area contributed by atoms with E-state index in [9.17, 15) is 22.4 Å². The van der Waals surface area contributed by atoms with Crippen molar-refractivity contribution < 1.29 is 26.8 Å². The number of amides is 1. The Morgan fingerprint density at radius 3 is 2.65 bits per heavy atom. The maximum Gasteiger partial charge on any atom is 0.398 e. The number of nitrogens with one attached hydrogen (secondary N) is 1. The van der Waals surface area contributed by atoms with Gasteiger partial charge in [-0.2, -0.15) is 13.2 Å². The smallest absolute Gasteiger partial charge is 0.398 e. The van der Waals surface area contributed by atoms with Gasteiger partial charge >= 0.3 is 6.18 Å². The van der Waals surface area contributed by atoms with Gasteiger partial charge in [0.15, 0.2) is 5.76 Å². The number of aryl methyl sites for hydroxylation is 1. The molecule has 0 aliphatic heterocycles. The second-order valence-electron chi connectivity index (χ2n) is 5.55. The zero-order valence-corrected chi connectivity index (χ0v) is 14.3. The largest absolute Gasteiger partial charge is 0.451 e. The maximum absolute atomic E-state index is 13.4. The summed E-state index contributed by atoms with van der Waals surface area (Å²) >= 11 is 0.582. The summed E-state index contributed by atoms with van der Waals surface area (Å²) in [6.07, 6.45) is -4.32. The van der Waals surface area contributed by atoms with Gasteiger partial charge in [-0.25, -0.2) is 4.39 Å². The maximum atomic E-state index is 13.4. The van der Waals surface area contributed by atoms with Crippen LogP contribution in [-0.4, -0.2) is 17.8 Å². The summed E-state index contributed by atoms with van der Waals surface area (Å²) in [4.78, 5) is 12.8. The first-order valence-corrected chi connectivity index (χ1v) is 8.52. The van der Waals surface area contributed by atoms with Crippen molar-refractivity contribution in [1.29, 1.82) is 0 Å². The van der Waals surface area contributed by atoms with Crippen molar-refractivity contribution in [2.75, 3.05) is 11.1 Å². The lowest BCUT2D eigenvalue weighted by Crippen LogP contribution is -2.14. The summed E-state index contributed by atoms with van der Waals surface area (Å²) in [6.45, 7) is 1.62. The molecule has 0 radical (unpaired) electrons. The van der Waals surface area contributed by atoms with Gasteiger partial charge in [-0.1, -0.05) is 12.1 Å². The van der Waals surface area contributed by atoms with Crippen LogP contribution in [0.15, 0.2) is 51.8 Å². The molecule has 0 unspecified atom stereocenters. The molecule has 0 saturated carbocycles. The Hall–Kier alpha value is -2.48. The number of thioether (sulfide) groups is 1. The van der Waals surface area contributed by atoms with Crippen LogP contribution in [0.4, 0.5) is 23.2 Å². The number of furan rings is 1. The first kappa shape index (κ1) is 18.3. The minimum Gasteiger partial charge on any atom is -0.451 e. The molecule has 3 rings (SSSR count). The molecule has 0 aliphatic rings. The molecule has 8 heteroatoms. The predicted molar refractivity (Wildman–Crippen MR) is 92.1 cm³/mol. The van der Waals surface area contributed by atoms with Crippen LogP contribution in [0, 0.1) is 12.7 Å². The fraction of sp³-hybridized carbons (Fsp3) is 0.167. The number of hydrogen-bond acceptors (Lipinski definition) is 3. The molecule has 3 nitrogen and oxygen atoms in total. The van der Waals surface area contributed by atoms with Crippen LogP contribution < -0.4 is 5.32 Å². The lowest BCUT2D eigenvalue weighted by atomic mass is 10.1. The highest BCUT2D eigenvalue weighted by molar-refractivity contribution is 7.99. The minimum absolute atomic E-state index is 0.0128. The third-order valence-corrected chi connectivity index (χ3v) is 4.77. The highest BCUT2D eigenvalue weighted by Gasteiger charge is 2.28. The van der Waals surface area contributed by atoms with Crippen LogP contribution >= 0.6 is 11.8 Å². The third-order valence-electron chi connectivity index (χ3n) is 3.63. The Kier molecular flexibility index (Phi) is 4.95. The van der Waals surface area contributed by atoms with Gasteiger partial charge < -0.3 is 9.73 Å². The molecule has 1 amide bonds. The van der Waals surface area contributed by atoms with E-state index in [1.165, 1.54) is 30.3 Å². The number of rotatable bonds is 4. The summed E-state index contributed by atoms with van der Waals surface area (Å²) in [5.41, 5.74) is 1.06.